The lowest BCUT2D eigenvalue weighted by atomic mass is 10.1. The Kier molecular flexibility index (Phi) is 1.79. The molecule has 0 spiro atoms. The van der Waals surface area contributed by atoms with Crippen LogP contribution in [0.2, 0.25) is 0 Å². The van der Waals surface area contributed by atoms with Gasteiger partial charge in [-0.05, 0) is 25.3 Å². The van der Waals surface area contributed by atoms with Crippen molar-refractivity contribution in [3.63, 3.8) is 0 Å². The van der Waals surface area contributed by atoms with E-state index in [0.29, 0.717) is 5.71 Å². The molecule has 2 N–H and O–H groups in total. The fraction of sp³-hybridized carbons (Fsp3) is 0.455. The number of aryl methyl sites for hydroxylation is 1. The van der Waals surface area contributed by atoms with Gasteiger partial charge in [0, 0.05) is 18.2 Å². The van der Waals surface area contributed by atoms with Crippen molar-refractivity contribution in [1.29, 1.82) is 0 Å². The van der Waals surface area contributed by atoms with Gasteiger partial charge in [-0.25, -0.2) is 9.97 Å². The molecule has 0 aliphatic heterocycles. The molecular weight excluding hydrogens is 190 g/mol. The summed E-state index contributed by atoms with van der Waals surface area (Å²) in [7, 11) is 0. The third-order valence-corrected chi connectivity index (χ3v) is 3.01. The summed E-state index contributed by atoms with van der Waals surface area (Å²) >= 11 is 0. The zero-order chi connectivity index (χ0) is 10.3. The molecule has 2 aromatic heterocycles. The Bertz CT molecular complexity index is 454. The standard InChI is InChI=1S/C11H13N3O/c12-11(3-4-11)2-1-9-5-8-6-13-7-14-10(8)15-9/h5-7H,1-4,12H2. The minimum Gasteiger partial charge on any atom is -0.443 e. The van der Waals surface area contributed by atoms with Crippen LogP contribution in [0.4, 0.5) is 0 Å². The van der Waals surface area contributed by atoms with Crippen LogP contribution in [-0.2, 0) is 6.42 Å². The van der Waals surface area contributed by atoms with Gasteiger partial charge in [0.2, 0.25) is 5.71 Å². The number of rotatable bonds is 3. The zero-order valence-corrected chi connectivity index (χ0v) is 8.44. The van der Waals surface area contributed by atoms with E-state index < -0.39 is 0 Å². The number of aromatic nitrogens is 2. The van der Waals surface area contributed by atoms with Gasteiger partial charge < -0.3 is 10.2 Å². The van der Waals surface area contributed by atoms with Crippen molar-refractivity contribution in [3.05, 3.63) is 24.4 Å². The molecule has 1 fully saturated rings. The molecule has 0 aromatic carbocycles. The Morgan fingerprint density at radius 1 is 1.47 bits per heavy atom. The number of nitrogens with two attached hydrogens (primary N) is 1. The van der Waals surface area contributed by atoms with Crippen LogP contribution in [0.3, 0.4) is 0 Å². The maximum atomic E-state index is 6.02. The molecule has 0 saturated heterocycles. The second-order valence-electron chi connectivity index (χ2n) is 4.36. The van der Waals surface area contributed by atoms with Crippen LogP contribution in [0, 0.1) is 0 Å². The maximum Gasteiger partial charge on any atom is 0.229 e. The van der Waals surface area contributed by atoms with Crippen LogP contribution in [0.1, 0.15) is 25.0 Å². The summed E-state index contributed by atoms with van der Waals surface area (Å²) in [6, 6.07) is 2.00. The smallest absolute Gasteiger partial charge is 0.229 e. The summed E-state index contributed by atoms with van der Waals surface area (Å²) in [6.45, 7) is 0. The van der Waals surface area contributed by atoms with E-state index in [1.54, 1.807) is 6.20 Å². The maximum absolute atomic E-state index is 6.02. The van der Waals surface area contributed by atoms with Crippen molar-refractivity contribution in [2.24, 2.45) is 5.73 Å². The fourth-order valence-electron chi connectivity index (χ4n) is 1.75. The topological polar surface area (TPSA) is 64.9 Å². The molecule has 1 saturated carbocycles. The van der Waals surface area contributed by atoms with Gasteiger partial charge in [-0.2, -0.15) is 0 Å². The van der Waals surface area contributed by atoms with Gasteiger partial charge in [0.1, 0.15) is 12.1 Å². The quantitative estimate of drug-likeness (QED) is 0.823. The Morgan fingerprint density at radius 2 is 2.33 bits per heavy atom. The predicted molar refractivity (Wildman–Crippen MR) is 56.3 cm³/mol. The van der Waals surface area contributed by atoms with Gasteiger partial charge in [0.05, 0.1) is 5.39 Å². The average molecular weight is 203 g/mol. The number of fused-ring (bicyclic) bond motifs is 1. The number of hydrogen-bond donors (Lipinski definition) is 1. The molecule has 0 amide bonds. The van der Waals surface area contributed by atoms with E-state index in [-0.39, 0.29) is 5.54 Å². The second kappa shape index (κ2) is 3.03. The molecule has 0 atom stereocenters. The van der Waals surface area contributed by atoms with Gasteiger partial charge in [0.25, 0.3) is 0 Å². The highest BCUT2D eigenvalue weighted by Crippen LogP contribution is 2.36. The Balaban J connectivity index is 1.79. The van der Waals surface area contributed by atoms with Crippen LogP contribution in [0.25, 0.3) is 11.1 Å². The summed E-state index contributed by atoms with van der Waals surface area (Å²) in [5.41, 5.74) is 6.78. The molecule has 4 heteroatoms. The monoisotopic (exact) mass is 203 g/mol. The molecular formula is C11H13N3O. The highest BCUT2D eigenvalue weighted by molar-refractivity contribution is 5.72. The first kappa shape index (κ1) is 8.85. The Morgan fingerprint density at radius 3 is 3.07 bits per heavy atom. The minimum absolute atomic E-state index is 0.0879. The SMILES string of the molecule is NC1(CCc2cc3cncnc3o2)CC1. The fourth-order valence-corrected chi connectivity index (χ4v) is 1.75. The molecule has 2 heterocycles. The van der Waals surface area contributed by atoms with E-state index in [1.807, 2.05) is 6.07 Å². The average Bonchev–Trinajstić information content (AvgIpc) is 2.83. The summed E-state index contributed by atoms with van der Waals surface area (Å²) in [5, 5.41) is 0.967. The van der Waals surface area contributed by atoms with Crippen molar-refractivity contribution in [3.8, 4) is 0 Å². The predicted octanol–water partition coefficient (Wildman–Crippen LogP) is 1.65. The number of hydrogen-bond acceptors (Lipinski definition) is 4. The summed E-state index contributed by atoms with van der Waals surface area (Å²) in [4.78, 5) is 8.00. The molecule has 78 valence electrons. The van der Waals surface area contributed by atoms with E-state index in [1.165, 1.54) is 6.33 Å². The van der Waals surface area contributed by atoms with Crippen LogP contribution < -0.4 is 5.73 Å². The van der Waals surface area contributed by atoms with Gasteiger partial charge in [-0.1, -0.05) is 0 Å². The lowest BCUT2D eigenvalue weighted by molar-refractivity contribution is 0.502. The van der Waals surface area contributed by atoms with Crippen LogP contribution in [-0.4, -0.2) is 15.5 Å². The van der Waals surface area contributed by atoms with E-state index >= 15 is 0 Å². The molecule has 2 aromatic rings. The van der Waals surface area contributed by atoms with Crippen LogP contribution in [0.15, 0.2) is 23.0 Å². The molecule has 0 bridgehead atoms. The first-order valence-electron chi connectivity index (χ1n) is 5.23. The van der Waals surface area contributed by atoms with Gasteiger partial charge in [0.15, 0.2) is 0 Å². The third kappa shape index (κ3) is 1.72. The first-order valence-corrected chi connectivity index (χ1v) is 5.23. The Hall–Kier alpha value is -1.42. The number of furan rings is 1. The highest BCUT2D eigenvalue weighted by atomic mass is 16.3. The minimum atomic E-state index is 0.0879. The zero-order valence-electron chi connectivity index (χ0n) is 8.44. The first-order chi connectivity index (χ1) is 7.25. The van der Waals surface area contributed by atoms with Crippen molar-refractivity contribution in [1.82, 2.24) is 9.97 Å². The van der Waals surface area contributed by atoms with Crippen LogP contribution in [0.5, 0.6) is 0 Å². The molecule has 3 rings (SSSR count). The van der Waals surface area contributed by atoms with Crippen molar-refractivity contribution >= 4 is 11.1 Å². The molecule has 0 radical (unpaired) electrons. The molecule has 0 unspecified atom stereocenters. The number of nitrogens with zero attached hydrogens (tertiary/aromatic N) is 2. The van der Waals surface area contributed by atoms with E-state index in [0.717, 1.165) is 36.8 Å². The van der Waals surface area contributed by atoms with Gasteiger partial charge in [-0.3, -0.25) is 0 Å². The van der Waals surface area contributed by atoms with Gasteiger partial charge >= 0.3 is 0 Å². The lowest BCUT2D eigenvalue weighted by Gasteiger charge is -2.04. The largest absolute Gasteiger partial charge is 0.443 e. The second-order valence-corrected chi connectivity index (χ2v) is 4.36. The summed E-state index contributed by atoms with van der Waals surface area (Å²) in [6.07, 6.45) is 7.46. The molecule has 1 aliphatic carbocycles. The molecule has 4 nitrogen and oxygen atoms in total. The molecule has 1 aliphatic rings. The molecule has 15 heavy (non-hydrogen) atoms. The van der Waals surface area contributed by atoms with Crippen LogP contribution >= 0.6 is 0 Å². The lowest BCUT2D eigenvalue weighted by Crippen LogP contribution is -2.21. The van der Waals surface area contributed by atoms with Gasteiger partial charge in [-0.15, -0.1) is 0 Å². The van der Waals surface area contributed by atoms with Crippen molar-refractivity contribution in [2.45, 2.75) is 31.2 Å². The highest BCUT2D eigenvalue weighted by Gasteiger charge is 2.37. The Labute approximate surface area is 87.5 Å². The summed E-state index contributed by atoms with van der Waals surface area (Å²) in [5.74, 6) is 0.960. The van der Waals surface area contributed by atoms with Crippen molar-refractivity contribution in [2.75, 3.05) is 0 Å². The van der Waals surface area contributed by atoms with E-state index in [4.69, 9.17) is 10.2 Å². The summed E-state index contributed by atoms with van der Waals surface area (Å²) < 4.78 is 5.58. The van der Waals surface area contributed by atoms with Crippen molar-refractivity contribution < 1.29 is 4.42 Å². The normalized spacial score (nSPS) is 18.2. The van der Waals surface area contributed by atoms with E-state index in [2.05, 4.69) is 9.97 Å². The third-order valence-electron chi connectivity index (χ3n) is 3.01. The van der Waals surface area contributed by atoms with E-state index in [9.17, 15) is 0 Å².